The fourth-order valence-electron chi connectivity index (χ4n) is 0.421. The molecule has 0 fully saturated rings. The van der Waals surface area contributed by atoms with Crippen LogP contribution < -0.4 is 0 Å². The van der Waals surface area contributed by atoms with Gasteiger partial charge in [0.25, 0.3) is 0 Å². The summed E-state index contributed by atoms with van der Waals surface area (Å²) in [5.41, 5.74) is 0. The Labute approximate surface area is 81.4 Å². The van der Waals surface area contributed by atoms with E-state index in [1.54, 1.807) is 0 Å². The summed E-state index contributed by atoms with van der Waals surface area (Å²) < 4.78 is 4.99. The Bertz CT molecular complexity index is 81.9. The van der Waals surface area contributed by atoms with Gasteiger partial charge in [-0.15, -0.1) is 34.8 Å². The van der Waals surface area contributed by atoms with Crippen molar-refractivity contribution in [3.63, 3.8) is 0 Å². The fourth-order valence-corrected chi connectivity index (χ4v) is 0.688. The number of aliphatic hydroxyl groups excluding tert-OH is 1. The molecule has 0 spiro atoms. The standard InChI is InChI=1S/C6H11Cl3O2/c7-1-5(9)3-11-4-6(10)2-8/h5-6,10H,1-4H2. The summed E-state index contributed by atoms with van der Waals surface area (Å²) in [6.07, 6.45) is -0.615. The quantitative estimate of drug-likeness (QED) is 0.688. The van der Waals surface area contributed by atoms with Gasteiger partial charge < -0.3 is 9.84 Å². The van der Waals surface area contributed by atoms with E-state index >= 15 is 0 Å². The topological polar surface area (TPSA) is 29.5 Å². The molecule has 2 atom stereocenters. The molecule has 0 aliphatic heterocycles. The Morgan fingerprint density at radius 3 is 2.27 bits per heavy atom. The van der Waals surface area contributed by atoms with Crippen LogP contribution in [-0.2, 0) is 4.74 Å². The lowest BCUT2D eigenvalue weighted by Crippen LogP contribution is -2.20. The predicted octanol–water partition coefficient (Wildman–Crippen LogP) is 1.45. The second-order valence-electron chi connectivity index (χ2n) is 2.10. The van der Waals surface area contributed by atoms with Crippen molar-refractivity contribution in [3.8, 4) is 0 Å². The first kappa shape index (κ1) is 11.8. The molecule has 2 nitrogen and oxygen atoms in total. The minimum atomic E-state index is -0.615. The van der Waals surface area contributed by atoms with Crippen LogP contribution in [0.4, 0.5) is 0 Å². The van der Waals surface area contributed by atoms with E-state index < -0.39 is 6.10 Å². The van der Waals surface area contributed by atoms with Gasteiger partial charge in [0.2, 0.25) is 0 Å². The van der Waals surface area contributed by atoms with Gasteiger partial charge >= 0.3 is 0 Å². The molecule has 0 amide bonds. The molecule has 0 bridgehead atoms. The molecule has 0 aromatic heterocycles. The van der Waals surface area contributed by atoms with Gasteiger partial charge in [0.05, 0.1) is 30.6 Å². The third-order valence-electron chi connectivity index (χ3n) is 0.954. The summed E-state index contributed by atoms with van der Waals surface area (Å²) in [6, 6.07) is 0. The zero-order valence-electron chi connectivity index (χ0n) is 5.97. The summed E-state index contributed by atoms with van der Waals surface area (Å²) in [5, 5.41) is 8.72. The largest absolute Gasteiger partial charge is 0.389 e. The lowest BCUT2D eigenvalue weighted by Gasteiger charge is -2.09. The Balaban J connectivity index is 3.13. The van der Waals surface area contributed by atoms with Gasteiger partial charge in [-0.1, -0.05) is 0 Å². The Morgan fingerprint density at radius 1 is 1.18 bits per heavy atom. The van der Waals surface area contributed by atoms with E-state index in [4.69, 9.17) is 44.6 Å². The van der Waals surface area contributed by atoms with Gasteiger partial charge in [-0.3, -0.25) is 0 Å². The molecular weight excluding hydrogens is 210 g/mol. The minimum absolute atomic E-state index is 0.174. The highest BCUT2D eigenvalue weighted by molar-refractivity contribution is 6.28. The summed E-state index contributed by atoms with van der Waals surface area (Å²) in [5.74, 6) is 0.520. The van der Waals surface area contributed by atoms with Crippen LogP contribution >= 0.6 is 34.8 Å². The van der Waals surface area contributed by atoms with Crippen LogP contribution in [-0.4, -0.2) is 41.6 Å². The summed E-state index contributed by atoms with van der Waals surface area (Å²) >= 11 is 16.3. The van der Waals surface area contributed by atoms with Crippen molar-refractivity contribution >= 4 is 34.8 Å². The molecule has 1 N–H and O–H groups in total. The monoisotopic (exact) mass is 220 g/mol. The average Bonchev–Trinajstić information content (AvgIpc) is 2.04. The van der Waals surface area contributed by atoms with E-state index in [9.17, 15) is 0 Å². The van der Waals surface area contributed by atoms with Crippen molar-refractivity contribution in [2.45, 2.75) is 11.5 Å². The first-order valence-electron chi connectivity index (χ1n) is 3.22. The zero-order valence-corrected chi connectivity index (χ0v) is 8.24. The maximum Gasteiger partial charge on any atom is 0.0908 e. The molecule has 68 valence electrons. The molecule has 0 radical (unpaired) electrons. The Hall–Kier alpha value is 0.790. The molecule has 0 rings (SSSR count). The summed E-state index contributed by atoms with van der Waals surface area (Å²) in [6.45, 7) is 0.558. The van der Waals surface area contributed by atoms with E-state index in [0.29, 0.717) is 12.5 Å². The second kappa shape index (κ2) is 7.44. The highest BCUT2D eigenvalue weighted by Gasteiger charge is 2.05. The fraction of sp³-hybridized carbons (Fsp3) is 1.00. The molecule has 5 heteroatoms. The number of halogens is 3. The van der Waals surface area contributed by atoms with Crippen LogP contribution in [0, 0.1) is 0 Å². The summed E-state index contributed by atoms with van der Waals surface area (Å²) in [7, 11) is 0. The van der Waals surface area contributed by atoms with Gasteiger partial charge in [0, 0.05) is 5.88 Å². The van der Waals surface area contributed by atoms with Crippen LogP contribution in [0.5, 0.6) is 0 Å². The van der Waals surface area contributed by atoms with Crippen LogP contribution in [0.25, 0.3) is 0 Å². The molecular formula is C6H11Cl3O2. The molecule has 2 unspecified atom stereocenters. The van der Waals surface area contributed by atoms with E-state index in [2.05, 4.69) is 0 Å². The third kappa shape index (κ3) is 7.16. The molecule has 0 aliphatic carbocycles. The molecule has 0 aromatic rings. The van der Waals surface area contributed by atoms with Crippen molar-refractivity contribution in [1.29, 1.82) is 0 Å². The third-order valence-corrected chi connectivity index (χ3v) is 2.12. The SMILES string of the molecule is OC(CCl)COCC(Cl)CCl. The molecule has 0 saturated carbocycles. The maximum atomic E-state index is 8.91. The Kier molecular flexibility index (Phi) is 7.97. The molecule has 0 heterocycles. The van der Waals surface area contributed by atoms with E-state index in [0.717, 1.165) is 0 Å². The van der Waals surface area contributed by atoms with Crippen LogP contribution in [0.3, 0.4) is 0 Å². The van der Waals surface area contributed by atoms with Crippen LogP contribution in [0.2, 0.25) is 0 Å². The highest BCUT2D eigenvalue weighted by atomic mass is 35.5. The van der Waals surface area contributed by atoms with Crippen molar-refractivity contribution < 1.29 is 9.84 Å². The van der Waals surface area contributed by atoms with Crippen molar-refractivity contribution in [1.82, 2.24) is 0 Å². The molecule has 11 heavy (non-hydrogen) atoms. The number of aliphatic hydroxyl groups is 1. The lowest BCUT2D eigenvalue weighted by molar-refractivity contribution is 0.0495. The molecule has 0 aliphatic rings. The van der Waals surface area contributed by atoms with E-state index in [-0.39, 0.29) is 17.9 Å². The lowest BCUT2D eigenvalue weighted by atomic mass is 10.4. The van der Waals surface area contributed by atoms with Gasteiger partial charge in [0.1, 0.15) is 0 Å². The van der Waals surface area contributed by atoms with Gasteiger partial charge in [-0.05, 0) is 0 Å². The summed E-state index contributed by atoms with van der Waals surface area (Å²) in [4.78, 5) is 0. The van der Waals surface area contributed by atoms with Gasteiger partial charge in [0.15, 0.2) is 0 Å². The number of rotatable bonds is 6. The van der Waals surface area contributed by atoms with Gasteiger partial charge in [-0.2, -0.15) is 0 Å². The number of hydrogen-bond donors (Lipinski definition) is 1. The van der Waals surface area contributed by atoms with Gasteiger partial charge in [-0.25, -0.2) is 0 Å². The van der Waals surface area contributed by atoms with Crippen molar-refractivity contribution in [2.24, 2.45) is 0 Å². The van der Waals surface area contributed by atoms with Crippen molar-refractivity contribution in [2.75, 3.05) is 25.0 Å². The zero-order chi connectivity index (χ0) is 8.69. The number of ether oxygens (including phenoxy) is 1. The smallest absolute Gasteiger partial charge is 0.0908 e. The van der Waals surface area contributed by atoms with Crippen molar-refractivity contribution in [3.05, 3.63) is 0 Å². The first-order valence-corrected chi connectivity index (χ1v) is 4.73. The normalized spacial score (nSPS) is 16.4. The Morgan fingerprint density at radius 2 is 1.82 bits per heavy atom. The van der Waals surface area contributed by atoms with Crippen LogP contribution in [0.1, 0.15) is 0 Å². The number of hydrogen-bond acceptors (Lipinski definition) is 2. The number of alkyl halides is 3. The molecule has 0 aromatic carbocycles. The van der Waals surface area contributed by atoms with E-state index in [1.807, 2.05) is 0 Å². The van der Waals surface area contributed by atoms with Crippen LogP contribution in [0.15, 0.2) is 0 Å². The molecule has 0 saturated heterocycles. The predicted molar refractivity (Wildman–Crippen MR) is 47.9 cm³/mol. The first-order chi connectivity index (χ1) is 5.20. The minimum Gasteiger partial charge on any atom is -0.389 e. The van der Waals surface area contributed by atoms with E-state index in [1.165, 1.54) is 0 Å². The second-order valence-corrected chi connectivity index (χ2v) is 3.33. The highest BCUT2D eigenvalue weighted by Crippen LogP contribution is 1.99. The average molecular weight is 222 g/mol. The maximum absolute atomic E-state index is 8.91.